The van der Waals surface area contributed by atoms with Crippen LogP contribution in [0.5, 0.6) is 0 Å². The summed E-state index contributed by atoms with van der Waals surface area (Å²) in [7, 11) is 4.94. The number of rotatable bonds is 11. The first kappa shape index (κ1) is 24.9. The van der Waals surface area contributed by atoms with Gasteiger partial charge >= 0.3 is 0 Å². The van der Waals surface area contributed by atoms with E-state index in [9.17, 15) is 0 Å². The summed E-state index contributed by atoms with van der Waals surface area (Å²) in [5.41, 5.74) is 0. The van der Waals surface area contributed by atoms with Crippen molar-refractivity contribution in [1.82, 2.24) is 0 Å². The van der Waals surface area contributed by atoms with Crippen LogP contribution in [-0.2, 0) is 0 Å². The van der Waals surface area contributed by atoms with Gasteiger partial charge in [-0.2, -0.15) is 0 Å². The predicted octanol–water partition coefficient (Wildman–Crippen LogP) is -1.40. The molecule has 2 fully saturated rings. The van der Waals surface area contributed by atoms with Crippen molar-refractivity contribution >= 4 is 0 Å². The van der Waals surface area contributed by atoms with Crippen LogP contribution in [0.3, 0.4) is 0 Å². The maximum atomic E-state index is 2.47. The van der Waals surface area contributed by atoms with Crippen LogP contribution < -0.4 is 34.0 Å². The fourth-order valence-corrected chi connectivity index (χ4v) is 4.69. The van der Waals surface area contributed by atoms with Crippen LogP contribution in [0.15, 0.2) is 0 Å². The molecule has 0 amide bonds. The summed E-state index contributed by atoms with van der Waals surface area (Å²) >= 11 is 0. The Kier molecular flexibility index (Phi) is 13.6. The molecule has 146 valence electrons. The molecule has 0 saturated carbocycles. The molecule has 0 spiro atoms. The number of likely N-dealkylation sites (tertiary alicyclic amines) is 2. The Bertz CT molecular complexity index is 268. The highest BCUT2D eigenvalue weighted by atomic mass is 79.9. The zero-order valence-corrected chi connectivity index (χ0v) is 19.6. The fraction of sp³-hybridized carbons (Fsp3) is 1.00. The largest absolute Gasteiger partial charge is 1.00 e. The molecule has 2 rings (SSSR count). The van der Waals surface area contributed by atoms with Crippen molar-refractivity contribution in [2.24, 2.45) is 0 Å². The summed E-state index contributed by atoms with van der Waals surface area (Å²) in [6.07, 6.45) is 17.7. The Morgan fingerprint density at radius 1 is 0.458 bits per heavy atom. The standard InChI is InChI=1S/C20H42N2.2BrH/c1-21(17-11-12-18-21)15-9-7-5-3-4-6-8-10-16-22(2)19-13-14-20-22;;/h3-20H2,1-2H3;2*1H/q+2;;/p-2. The second-order valence-corrected chi connectivity index (χ2v) is 8.82. The van der Waals surface area contributed by atoms with Gasteiger partial charge in [0, 0.05) is 25.7 Å². The lowest BCUT2D eigenvalue weighted by Gasteiger charge is -2.29. The van der Waals surface area contributed by atoms with Crippen LogP contribution >= 0.6 is 0 Å². The van der Waals surface area contributed by atoms with E-state index in [-0.39, 0.29) is 34.0 Å². The third-order valence-electron chi connectivity index (χ3n) is 6.44. The van der Waals surface area contributed by atoms with Crippen molar-refractivity contribution in [2.75, 3.05) is 53.4 Å². The van der Waals surface area contributed by atoms with Gasteiger partial charge in [-0.1, -0.05) is 25.7 Å². The van der Waals surface area contributed by atoms with Gasteiger partial charge < -0.3 is 42.9 Å². The van der Waals surface area contributed by atoms with Gasteiger partial charge in [-0.25, -0.2) is 0 Å². The van der Waals surface area contributed by atoms with Gasteiger partial charge in [-0.3, -0.25) is 0 Å². The maximum absolute atomic E-state index is 2.47. The molecule has 0 unspecified atom stereocenters. The quantitative estimate of drug-likeness (QED) is 0.258. The number of halogens is 2. The van der Waals surface area contributed by atoms with E-state index in [0.29, 0.717) is 0 Å². The molecule has 0 bridgehead atoms. The van der Waals surface area contributed by atoms with Gasteiger partial charge in [0.05, 0.1) is 53.4 Å². The Morgan fingerprint density at radius 3 is 1.00 bits per heavy atom. The monoisotopic (exact) mass is 468 g/mol. The molecule has 2 saturated heterocycles. The SMILES string of the molecule is C[N+]1(CCCCCCCCCC[N+]2(C)CCCC2)CCCC1.[Br-].[Br-]. The molecule has 2 aliphatic rings. The first-order chi connectivity index (χ1) is 10.6. The molecule has 0 aromatic heterocycles. The summed E-state index contributed by atoms with van der Waals surface area (Å²) in [6.45, 7) is 8.65. The highest BCUT2D eigenvalue weighted by Gasteiger charge is 2.26. The molecule has 4 heteroatoms. The van der Waals surface area contributed by atoms with E-state index in [1.807, 2.05) is 0 Å². The molecule has 2 heterocycles. The van der Waals surface area contributed by atoms with Gasteiger partial charge in [-0.05, 0) is 25.7 Å². The van der Waals surface area contributed by atoms with E-state index in [0.717, 1.165) is 0 Å². The molecule has 0 aromatic rings. The molecule has 24 heavy (non-hydrogen) atoms. The van der Waals surface area contributed by atoms with E-state index in [1.165, 1.54) is 125 Å². The van der Waals surface area contributed by atoms with Crippen LogP contribution in [0, 0.1) is 0 Å². The molecule has 0 atom stereocenters. The summed E-state index contributed by atoms with van der Waals surface area (Å²) in [4.78, 5) is 0. The zero-order chi connectivity index (χ0) is 15.7. The van der Waals surface area contributed by atoms with E-state index >= 15 is 0 Å². The Balaban J connectivity index is 0.00000264. The average molecular weight is 470 g/mol. The first-order valence-electron chi connectivity index (χ1n) is 10.3. The van der Waals surface area contributed by atoms with Gasteiger partial charge in [-0.15, -0.1) is 0 Å². The summed E-state index contributed by atoms with van der Waals surface area (Å²) in [5, 5.41) is 0. The van der Waals surface area contributed by atoms with Gasteiger partial charge in [0.25, 0.3) is 0 Å². The van der Waals surface area contributed by atoms with Crippen molar-refractivity contribution in [2.45, 2.75) is 77.0 Å². The molecule has 2 nitrogen and oxygen atoms in total. The number of nitrogens with zero attached hydrogens (tertiary/aromatic N) is 2. The average Bonchev–Trinajstić information content (AvgIpc) is 3.11. The summed E-state index contributed by atoms with van der Waals surface area (Å²) < 4.78 is 2.74. The Hall–Kier alpha value is 0.880. The van der Waals surface area contributed by atoms with Crippen LogP contribution in [0.1, 0.15) is 77.0 Å². The van der Waals surface area contributed by atoms with Crippen LogP contribution in [0.4, 0.5) is 0 Å². The molecule has 0 aromatic carbocycles. The predicted molar refractivity (Wildman–Crippen MR) is 97.0 cm³/mol. The lowest BCUT2D eigenvalue weighted by atomic mass is 10.1. The Morgan fingerprint density at radius 2 is 0.708 bits per heavy atom. The molecule has 2 aliphatic heterocycles. The van der Waals surface area contributed by atoms with Crippen molar-refractivity contribution in [1.29, 1.82) is 0 Å². The lowest BCUT2D eigenvalue weighted by molar-refractivity contribution is -0.897. The summed E-state index contributed by atoms with van der Waals surface area (Å²) in [6, 6.07) is 0. The van der Waals surface area contributed by atoms with Crippen LogP contribution in [0.25, 0.3) is 0 Å². The van der Waals surface area contributed by atoms with Gasteiger partial charge in [0.2, 0.25) is 0 Å². The lowest BCUT2D eigenvalue weighted by Crippen LogP contribution is -3.00. The molecular weight excluding hydrogens is 428 g/mol. The molecular formula is C20H42Br2N2. The van der Waals surface area contributed by atoms with E-state index in [2.05, 4.69) is 14.1 Å². The van der Waals surface area contributed by atoms with Crippen molar-refractivity contribution in [3.8, 4) is 0 Å². The minimum atomic E-state index is 0. The highest BCUT2D eigenvalue weighted by Crippen LogP contribution is 2.19. The zero-order valence-electron chi connectivity index (χ0n) is 16.4. The van der Waals surface area contributed by atoms with E-state index in [4.69, 9.17) is 0 Å². The molecule has 0 aliphatic carbocycles. The van der Waals surface area contributed by atoms with Crippen LogP contribution in [-0.4, -0.2) is 62.3 Å². The molecule has 0 radical (unpaired) electrons. The van der Waals surface area contributed by atoms with E-state index < -0.39 is 0 Å². The van der Waals surface area contributed by atoms with Crippen molar-refractivity contribution in [3.63, 3.8) is 0 Å². The number of quaternary nitrogens is 2. The minimum absolute atomic E-state index is 0. The Labute approximate surface area is 173 Å². The second kappa shape index (κ2) is 13.1. The number of hydrogen-bond donors (Lipinski definition) is 0. The van der Waals surface area contributed by atoms with Gasteiger partial charge in [0.1, 0.15) is 0 Å². The van der Waals surface area contributed by atoms with Crippen molar-refractivity contribution < 1.29 is 42.9 Å². The summed E-state index contributed by atoms with van der Waals surface area (Å²) in [5.74, 6) is 0. The smallest absolute Gasteiger partial charge is 0.0786 e. The fourth-order valence-electron chi connectivity index (χ4n) is 4.69. The van der Waals surface area contributed by atoms with Crippen molar-refractivity contribution in [3.05, 3.63) is 0 Å². The number of hydrogen-bond acceptors (Lipinski definition) is 0. The third-order valence-corrected chi connectivity index (χ3v) is 6.44. The second-order valence-electron chi connectivity index (χ2n) is 8.82. The van der Waals surface area contributed by atoms with Gasteiger partial charge in [0.15, 0.2) is 0 Å². The number of unbranched alkanes of at least 4 members (excludes halogenated alkanes) is 7. The topological polar surface area (TPSA) is 0 Å². The van der Waals surface area contributed by atoms with Crippen LogP contribution in [0.2, 0.25) is 0 Å². The maximum Gasteiger partial charge on any atom is 0.0786 e. The third kappa shape index (κ3) is 9.54. The molecule has 0 N–H and O–H groups in total. The normalized spacial score (nSPS) is 21.2. The van der Waals surface area contributed by atoms with E-state index in [1.54, 1.807) is 0 Å². The minimum Gasteiger partial charge on any atom is -1.00 e. The first-order valence-corrected chi connectivity index (χ1v) is 10.3. The highest BCUT2D eigenvalue weighted by molar-refractivity contribution is 4.54.